The number of halogens is 1. The van der Waals surface area contributed by atoms with Gasteiger partial charge in [0.1, 0.15) is 0 Å². The summed E-state index contributed by atoms with van der Waals surface area (Å²) in [5.41, 5.74) is 0. The van der Waals surface area contributed by atoms with Crippen molar-refractivity contribution in [1.29, 1.82) is 0 Å². The fourth-order valence-electron chi connectivity index (χ4n) is 2.88. The van der Waals surface area contributed by atoms with Crippen molar-refractivity contribution < 1.29 is 0 Å². The van der Waals surface area contributed by atoms with Crippen LogP contribution in [0, 0.1) is 5.92 Å². The topological polar surface area (TPSA) is 12.0 Å². The Kier molecular flexibility index (Phi) is 5.07. The molecular formula is C14H22BrNS. The van der Waals surface area contributed by atoms with Gasteiger partial charge >= 0.3 is 0 Å². The molecule has 1 N–H and O–H groups in total. The molecule has 1 aliphatic carbocycles. The van der Waals surface area contributed by atoms with Gasteiger partial charge in [0.25, 0.3) is 0 Å². The molecule has 0 aliphatic heterocycles. The third-order valence-electron chi connectivity index (χ3n) is 3.92. The van der Waals surface area contributed by atoms with E-state index >= 15 is 0 Å². The second kappa shape index (κ2) is 6.35. The molecule has 0 spiro atoms. The zero-order chi connectivity index (χ0) is 12.3. The van der Waals surface area contributed by atoms with E-state index in [1.165, 1.54) is 40.8 Å². The lowest BCUT2D eigenvalue weighted by Crippen LogP contribution is -2.39. The highest BCUT2D eigenvalue weighted by Crippen LogP contribution is 2.31. The summed E-state index contributed by atoms with van der Waals surface area (Å²) in [6.45, 7) is 4.62. The lowest BCUT2D eigenvalue weighted by molar-refractivity contribution is 0.241. The summed E-state index contributed by atoms with van der Waals surface area (Å²) in [4.78, 5) is 1.44. The van der Waals surface area contributed by atoms with Crippen LogP contribution < -0.4 is 5.32 Å². The van der Waals surface area contributed by atoms with E-state index in [4.69, 9.17) is 0 Å². The number of hydrogen-bond donors (Lipinski definition) is 1. The zero-order valence-electron chi connectivity index (χ0n) is 10.7. The average molecular weight is 316 g/mol. The highest BCUT2D eigenvalue weighted by atomic mass is 79.9. The van der Waals surface area contributed by atoms with Crippen molar-refractivity contribution in [3.8, 4) is 0 Å². The first kappa shape index (κ1) is 13.6. The highest BCUT2D eigenvalue weighted by molar-refractivity contribution is 9.11. The largest absolute Gasteiger partial charge is 0.306 e. The first-order chi connectivity index (χ1) is 8.20. The summed E-state index contributed by atoms with van der Waals surface area (Å²) in [7, 11) is 0. The van der Waals surface area contributed by atoms with Crippen LogP contribution in [0.4, 0.5) is 0 Å². The first-order valence-electron chi connectivity index (χ1n) is 6.72. The minimum Gasteiger partial charge on any atom is -0.306 e. The van der Waals surface area contributed by atoms with Crippen LogP contribution >= 0.6 is 27.3 Å². The van der Waals surface area contributed by atoms with Gasteiger partial charge in [0.05, 0.1) is 3.79 Å². The van der Waals surface area contributed by atoms with Gasteiger partial charge in [0.15, 0.2) is 0 Å². The van der Waals surface area contributed by atoms with Crippen molar-refractivity contribution in [2.45, 2.75) is 58.0 Å². The number of nitrogens with one attached hydrogen (secondary N) is 1. The Hall–Kier alpha value is 0.140. The van der Waals surface area contributed by atoms with E-state index in [1.54, 1.807) is 0 Å². The fourth-order valence-corrected chi connectivity index (χ4v) is 4.32. The maximum atomic E-state index is 3.84. The summed E-state index contributed by atoms with van der Waals surface area (Å²) in [5.74, 6) is 0.884. The van der Waals surface area contributed by atoms with E-state index in [0.717, 1.165) is 12.0 Å². The second-order valence-corrected chi connectivity index (χ2v) is 7.58. The monoisotopic (exact) mass is 315 g/mol. The van der Waals surface area contributed by atoms with Crippen molar-refractivity contribution in [1.82, 2.24) is 5.32 Å². The lowest BCUT2D eigenvalue weighted by atomic mass is 9.82. The van der Waals surface area contributed by atoms with Gasteiger partial charge in [0.2, 0.25) is 0 Å². The quantitative estimate of drug-likeness (QED) is 0.812. The molecule has 3 unspecified atom stereocenters. The smallest absolute Gasteiger partial charge is 0.0701 e. The fraction of sp³-hybridized carbons (Fsp3) is 0.714. The summed E-state index contributed by atoms with van der Waals surface area (Å²) >= 11 is 5.39. The lowest BCUT2D eigenvalue weighted by Gasteiger charge is -2.33. The Bertz CT molecular complexity index is 350. The molecule has 96 valence electrons. The normalized spacial score (nSPS) is 27.0. The molecule has 1 saturated carbocycles. The van der Waals surface area contributed by atoms with Crippen LogP contribution in [0.25, 0.3) is 0 Å². The SMILES string of the molecule is CCC1CCCCC1NC(C)c1ccc(Br)s1. The van der Waals surface area contributed by atoms with E-state index in [0.29, 0.717) is 6.04 Å². The van der Waals surface area contributed by atoms with E-state index < -0.39 is 0 Å². The third kappa shape index (κ3) is 3.55. The Morgan fingerprint density at radius 3 is 2.82 bits per heavy atom. The molecule has 2 rings (SSSR count). The van der Waals surface area contributed by atoms with Crippen LogP contribution in [0.1, 0.15) is 56.9 Å². The summed E-state index contributed by atoms with van der Waals surface area (Å²) in [6.07, 6.45) is 6.91. The first-order valence-corrected chi connectivity index (χ1v) is 8.33. The number of thiophene rings is 1. The molecule has 1 heterocycles. The van der Waals surface area contributed by atoms with Gasteiger partial charge < -0.3 is 5.32 Å². The van der Waals surface area contributed by atoms with Crippen LogP contribution in [0.3, 0.4) is 0 Å². The summed E-state index contributed by atoms with van der Waals surface area (Å²) in [5, 5.41) is 3.84. The Balaban J connectivity index is 1.94. The predicted octanol–water partition coefficient (Wildman–Crippen LogP) is 5.13. The second-order valence-electron chi connectivity index (χ2n) is 5.09. The van der Waals surface area contributed by atoms with Crippen LogP contribution in [0.5, 0.6) is 0 Å². The van der Waals surface area contributed by atoms with E-state index in [1.807, 2.05) is 11.3 Å². The van der Waals surface area contributed by atoms with Crippen LogP contribution in [0.15, 0.2) is 15.9 Å². The third-order valence-corrected chi connectivity index (χ3v) is 5.72. The number of rotatable bonds is 4. The molecule has 0 amide bonds. The molecule has 1 aliphatic rings. The molecule has 1 aromatic heterocycles. The van der Waals surface area contributed by atoms with E-state index in [2.05, 4.69) is 47.2 Å². The molecule has 0 radical (unpaired) electrons. The average Bonchev–Trinajstić information content (AvgIpc) is 2.77. The van der Waals surface area contributed by atoms with E-state index in [-0.39, 0.29) is 0 Å². The van der Waals surface area contributed by atoms with Gasteiger partial charge in [-0.15, -0.1) is 11.3 Å². The Morgan fingerprint density at radius 1 is 1.41 bits per heavy atom. The highest BCUT2D eigenvalue weighted by Gasteiger charge is 2.25. The van der Waals surface area contributed by atoms with Crippen LogP contribution in [0.2, 0.25) is 0 Å². The molecule has 3 heteroatoms. The van der Waals surface area contributed by atoms with Crippen molar-refractivity contribution >= 4 is 27.3 Å². The Labute approximate surface area is 117 Å². The summed E-state index contributed by atoms with van der Waals surface area (Å²) < 4.78 is 1.23. The van der Waals surface area contributed by atoms with Gasteiger partial charge in [-0.05, 0) is 53.7 Å². The van der Waals surface area contributed by atoms with Crippen LogP contribution in [-0.4, -0.2) is 6.04 Å². The van der Waals surface area contributed by atoms with Gasteiger partial charge in [-0.25, -0.2) is 0 Å². The van der Waals surface area contributed by atoms with Crippen molar-refractivity contribution in [3.63, 3.8) is 0 Å². The molecule has 0 bridgehead atoms. The maximum Gasteiger partial charge on any atom is 0.0701 e. The zero-order valence-corrected chi connectivity index (χ0v) is 13.1. The minimum atomic E-state index is 0.489. The predicted molar refractivity (Wildman–Crippen MR) is 79.6 cm³/mol. The molecule has 1 aromatic rings. The maximum absolute atomic E-state index is 3.84. The van der Waals surface area contributed by atoms with E-state index in [9.17, 15) is 0 Å². The molecule has 0 saturated heterocycles. The molecule has 0 aromatic carbocycles. The van der Waals surface area contributed by atoms with Gasteiger partial charge in [0, 0.05) is 17.0 Å². The van der Waals surface area contributed by atoms with Crippen molar-refractivity contribution in [2.75, 3.05) is 0 Å². The van der Waals surface area contributed by atoms with Gasteiger partial charge in [-0.1, -0.05) is 26.2 Å². The molecular weight excluding hydrogens is 294 g/mol. The Morgan fingerprint density at radius 2 is 2.18 bits per heavy atom. The summed E-state index contributed by atoms with van der Waals surface area (Å²) in [6, 6.07) is 5.60. The molecule has 3 atom stereocenters. The standard InChI is InChI=1S/C14H22BrNS/c1-3-11-6-4-5-7-12(11)16-10(2)13-8-9-14(15)17-13/h8-12,16H,3-7H2,1-2H3. The van der Waals surface area contributed by atoms with Crippen molar-refractivity contribution in [2.24, 2.45) is 5.92 Å². The van der Waals surface area contributed by atoms with Crippen LogP contribution in [-0.2, 0) is 0 Å². The molecule has 1 nitrogen and oxygen atoms in total. The number of hydrogen-bond acceptors (Lipinski definition) is 2. The minimum absolute atomic E-state index is 0.489. The van der Waals surface area contributed by atoms with Gasteiger partial charge in [-0.2, -0.15) is 0 Å². The van der Waals surface area contributed by atoms with Gasteiger partial charge in [-0.3, -0.25) is 0 Å². The molecule has 17 heavy (non-hydrogen) atoms. The molecule has 1 fully saturated rings. The van der Waals surface area contributed by atoms with Crippen molar-refractivity contribution in [3.05, 3.63) is 20.8 Å².